The van der Waals surface area contributed by atoms with Crippen molar-refractivity contribution in [2.24, 2.45) is 0 Å². The third-order valence-corrected chi connectivity index (χ3v) is 5.72. The molecule has 1 aromatic heterocycles. The van der Waals surface area contributed by atoms with Crippen LogP contribution >= 0.6 is 11.3 Å². The van der Waals surface area contributed by atoms with Crippen molar-refractivity contribution in [1.29, 1.82) is 0 Å². The molecule has 5 heteroatoms. The van der Waals surface area contributed by atoms with E-state index in [9.17, 15) is 4.79 Å². The molecular formula is C23H20N2O2S. The summed E-state index contributed by atoms with van der Waals surface area (Å²) in [4.78, 5) is 14.5. The zero-order valence-electron chi connectivity index (χ0n) is 15.2. The first-order valence-corrected chi connectivity index (χ1v) is 9.85. The molecule has 3 aromatic carbocycles. The standard InChI is InChI=1S/C23H20N2O2S/c26-23(24-27)22-13-19-11-12-20(14-21(19)28-22)25(15-17-7-3-1-4-8-17)16-18-9-5-2-6-10-18/h1-14,27H,15-16H2,(H,24,26). The number of rotatable bonds is 6. The number of hydrogen-bond donors (Lipinski definition) is 2. The number of thiophene rings is 1. The highest BCUT2D eigenvalue weighted by Gasteiger charge is 2.13. The van der Waals surface area contributed by atoms with Crippen LogP contribution in [-0.2, 0) is 13.1 Å². The van der Waals surface area contributed by atoms with Crippen LogP contribution < -0.4 is 10.4 Å². The van der Waals surface area contributed by atoms with Crippen molar-refractivity contribution in [3.05, 3.63) is 101 Å². The quantitative estimate of drug-likeness (QED) is 0.351. The van der Waals surface area contributed by atoms with E-state index in [0.717, 1.165) is 28.9 Å². The maximum atomic E-state index is 11.7. The number of nitrogens with one attached hydrogen (secondary N) is 1. The summed E-state index contributed by atoms with van der Waals surface area (Å²) in [5, 5.41) is 9.88. The number of anilines is 1. The Morgan fingerprint density at radius 2 is 1.46 bits per heavy atom. The molecule has 2 N–H and O–H groups in total. The second-order valence-corrected chi connectivity index (χ2v) is 7.68. The third kappa shape index (κ3) is 4.06. The van der Waals surface area contributed by atoms with E-state index in [1.165, 1.54) is 22.5 Å². The molecule has 0 aliphatic carbocycles. The van der Waals surface area contributed by atoms with E-state index >= 15 is 0 Å². The molecule has 0 atom stereocenters. The van der Waals surface area contributed by atoms with Crippen LogP contribution in [0.1, 0.15) is 20.8 Å². The number of fused-ring (bicyclic) bond motifs is 1. The predicted molar refractivity (Wildman–Crippen MR) is 114 cm³/mol. The van der Waals surface area contributed by atoms with Crippen LogP contribution in [0.25, 0.3) is 10.1 Å². The maximum absolute atomic E-state index is 11.7. The summed E-state index contributed by atoms with van der Waals surface area (Å²) in [5.74, 6) is -0.479. The third-order valence-electron chi connectivity index (χ3n) is 4.63. The van der Waals surface area contributed by atoms with Gasteiger partial charge in [-0.3, -0.25) is 10.0 Å². The molecule has 1 heterocycles. The fourth-order valence-electron chi connectivity index (χ4n) is 3.23. The maximum Gasteiger partial charge on any atom is 0.284 e. The van der Waals surface area contributed by atoms with Gasteiger partial charge in [-0.05, 0) is 34.7 Å². The molecule has 4 aromatic rings. The van der Waals surface area contributed by atoms with Gasteiger partial charge in [-0.25, -0.2) is 5.48 Å². The van der Waals surface area contributed by atoms with Crippen LogP contribution in [-0.4, -0.2) is 11.1 Å². The van der Waals surface area contributed by atoms with Gasteiger partial charge in [-0.15, -0.1) is 11.3 Å². The summed E-state index contributed by atoms with van der Waals surface area (Å²) in [7, 11) is 0. The summed E-state index contributed by atoms with van der Waals surface area (Å²) >= 11 is 1.38. The van der Waals surface area contributed by atoms with Gasteiger partial charge in [0, 0.05) is 23.5 Å². The van der Waals surface area contributed by atoms with Crippen molar-refractivity contribution < 1.29 is 10.0 Å². The minimum atomic E-state index is -0.479. The van der Waals surface area contributed by atoms with E-state index in [0.29, 0.717) is 4.88 Å². The van der Waals surface area contributed by atoms with Gasteiger partial charge in [0.25, 0.3) is 5.91 Å². The van der Waals surface area contributed by atoms with E-state index in [-0.39, 0.29) is 0 Å². The van der Waals surface area contributed by atoms with Gasteiger partial charge in [-0.2, -0.15) is 0 Å². The van der Waals surface area contributed by atoms with Crippen molar-refractivity contribution >= 4 is 33.0 Å². The molecule has 0 aliphatic heterocycles. The van der Waals surface area contributed by atoms with Gasteiger partial charge in [0.05, 0.1) is 4.88 Å². The smallest absolute Gasteiger partial charge is 0.284 e. The number of benzene rings is 3. The fourth-order valence-corrected chi connectivity index (χ4v) is 4.22. The number of hydrogen-bond acceptors (Lipinski definition) is 4. The normalized spacial score (nSPS) is 10.8. The first-order chi connectivity index (χ1) is 13.7. The van der Waals surface area contributed by atoms with Crippen molar-refractivity contribution in [2.45, 2.75) is 13.1 Å². The van der Waals surface area contributed by atoms with Gasteiger partial charge >= 0.3 is 0 Å². The minimum Gasteiger partial charge on any atom is -0.363 e. The van der Waals surface area contributed by atoms with Crippen molar-refractivity contribution in [1.82, 2.24) is 5.48 Å². The molecule has 0 saturated carbocycles. The van der Waals surface area contributed by atoms with Gasteiger partial charge in [0.2, 0.25) is 0 Å². The van der Waals surface area contributed by atoms with Crippen LogP contribution in [0, 0.1) is 0 Å². The lowest BCUT2D eigenvalue weighted by Crippen LogP contribution is -2.21. The first kappa shape index (κ1) is 18.2. The minimum absolute atomic E-state index is 0.479. The van der Waals surface area contributed by atoms with E-state index < -0.39 is 5.91 Å². The molecule has 0 fully saturated rings. The van der Waals surface area contributed by atoms with Gasteiger partial charge in [-0.1, -0.05) is 66.7 Å². The molecule has 0 unspecified atom stereocenters. The molecule has 4 nitrogen and oxygen atoms in total. The number of hydroxylamine groups is 1. The molecule has 28 heavy (non-hydrogen) atoms. The van der Waals surface area contributed by atoms with Crippen molar-refractivity contribution in [2.75, 3.05) is 4.90 Å². The van der Waals surface area contributed by atoms with Crippen molar-refractivity contribution in [3.8, 4) is 0 Å². The zero-order chi connectivity index (χ0) is 19.3. The van der Waals surface area contributed by atoms with Gasteiger partial charge < -0.3 is 4.90 Å². The molecule has 0 radical (unpaired) electrons. The highest BCUT2D eigenvalue weighted by molar-refractivity contribution is 7.20. The Balaban J connectivity index is 1.69. The lowest BCUT2D eigenvalue weighted by molar-refractivity contribution is 0.0711. The van der Waals surface area contributed by atoms with Crippen LogP contribution in [0.5, 0.6) is 0 Å². The zero-order valence-corrected chi connectivity index (χ0v) is 16.0. The molecule has 4 rings (SSSR count). The number of amides is 1. The van der Waals surface area contributed by atoms with E-state index in [4.69, 9.17) is 5.21 Å². The second-order valence-electron chi connectivity index (χ2n) is 6.60. The molecule has 1 amide bonds. The SMILES string of the molecule is O=C(NO)c1cc2ccc(N(Cc3ccccc3)Cc3ccccc3)cc2s1. The van der Waals surface area contributed by atoms with E-state index in [1.54, 1.807) is 11.5 Å². The average Bonchev–Trinajstić information content (AvgIpc) is 3.17. The van der Waals surface area contributed by atoms with Crippen LogP contribution in [0.2, 0.25) is 0 Å². The Morgan fingerprint density at radius 3 is 2.04 bits per heavy atom. The fraction of sp³-hybridized carbons (Fsp3) is 0.0870. The Morgan fingerprint density at radius 1 is 0.857 bits per heavy atom. The summed E-state index contributed by atoms with van der Waals surface area (Å²) in [5.41, 5.74) is 5.28. The Labute approximate surface area is 167 Å². The molecule has 0 spiro atoms. The van der Waals surface area contributed by atoms with Gasteiger partial charge in [0.1, 0.15) is 0 Å². The molecule has 140 valence electrons. The van der Waals surface area contributed by atoms with Crippen molar-refractivity contribution in [3.63, 3.8) is 0 Å². The predicted octanol–water partition coefficient (Wildman–Crippen LogP) is 5.23. The lowest BCUT2D eigenvalue weighted by Gasteiger charge is -2.25. The summed E-state index contributed by atoms with van der Waals surface area (Å²) in [6, 6.07) is 28.8. The first-order valence-electron chi connectivity index (χ1n) is 9.04. The highest BCUT2D eigenvalue weighted by atomic mass is 32.1. The number of carbonyl (C=O) groups excluding carboxylic acids is 1. The Bertz CT molecular complexity index is 1040. The summed E-state index contributed by atoms with van der Waals surface area (Å²) in [6.07, 6.45) is 0. The van der Waals surface area contributed by atoms with Crippen LogP contribution in [0.15, 0.2) is 84.9 Å². The molecular weight excluding hydrogens is 368 g/mol. The summed E-state index contributed by atoms with van der Waals surface area (Å²) in [6.45, 7) is 1.58. The lowest BCUT2D eigenvalue weighted by atomic mass is 10.1. The number of nitrogens with zero attached hydrogens (tertiary/aromatic N) is 1. The molecule has 0 saturated heterocycles. The van der Waals surface area contributed by atoms with Gasteiger partial charge in [0.15, 0.2) is 0 Å². The molecule has 0 aliphatic rings. The van der Waals surface area contributed by atoms with E-state index in [2.05, 4.69) is 65.6 Å². The van der Waals surface area contributed by atoms with Crippen LogP contribution in [0.4, 0.5) is 5.69 Å². The molecule has 0 bridgehead atoms. The van der Waals surface area contributed by atoms with Crippen LogP contribution in [0.3, 0.4) is 0 Å². The number of carbonyl (C=O) groups is 1. The topological polar surface area (TPSA) is 52.6 Å². The largest absolute Gasteiger partial charge is 0.363 e. The monoisotopic (exact) mass is 388 g/mol. The summed E-state index contributed by atoms with van der Waals surface area (Å²) < 4.78 is 1.02. The Kier molecular flexibility index (Phi) is 5.37. The average molecular weight is 388 g/mol. The van der Waals surface area contributed by atoms with E-state index in [1.807, 2.05) is 18.2 Å². The highest BCUT2D eigenvalue weighted by Crippen LogP contribution is 2.31. The Hall–Kier alpha value is -3.15. The second kappa shape index (κ2) is 8.25.